The predicted octanol–water partition coefficient (Wildman–Crippen LogP) is 2.49. The number of nitrogens with one attached hydrogen (secondary N) is 2. The van der Waals surface area contributed by atoms with E-state index in [-0.39, 0.29) is 11.9 Å². The second kappa shape index (κ2) is 9.60. The molecule has 2 aromatic heterocycles. The first-order chi connectivity index (χ1) is 13.2. The Hall–Kier alpha value is -2.53. The van der Waals surface area contributed by atoms with Gasteiger partial charge in [-0.25, -0.2) is 4.79 Å². The molecule has 1 atom stereocenters. The molecule has 0 bridgehead atoms. The molecular weight excluding hydrogens is 397 g/mol. The van der Waals surface area contributed by atoms with Crippen molar-refractivity contribution in [2.75, 3.05) is 13.1 Å². The molecule has 3 rings (SSSR count). The number of nitrogens with zero attached hydrogens (tertiary/aromatic N) is 2. The standard InChI is InChI=1S/C15H18N4OS.C2HF3O2/c1-2-12-7-10(9-21-12)13-3-4-14(19-18-13)15(20)17-11-5-6-16-8-11;3-2(4,5)1(6)7/h3-4,7,9,11,16H,2,5-6,8H2,1H3,(H,17,20);(H,6,7). The van der Waals surface area contributed by atoms with Gasteiger partial charge < -0.3 is 15.7 Å². The Balaban J connectivity index is 0.000000345. The van der Waals surface area contributed by atoms with E-state index < -0.39 is 12.1 Å². The summed E-state index contributed by atoms with van der Waals surface area (Å²) in [5.74, 6) is -2.91. The van der Waals surface area contributed by atoms with Gasteiger partial charge in [-0.05, 0) is 37.6 Å². The third-order valence-corrected chi connectivity index (χ3v) is 4.91. The van der Waals surface area contributed by atoms with Crippen LogP contribution in [-0.2, 0) is 11.2 Å². The average Bonchev–Trinajstić information content (AvgIpc) is 3.33. The number of carbonyl (C=O) groups is 2. The van der Waals surface area contributed by atoms with Crippen LogP contribution < -0.4 is 10.6 Å². The smallest absolute Gasteiger partial charge is 0.475 e. The van der Waals surface area contributed by atoms with Gasteiger partial charge in [-0.3, -0.25) is 4.79 Å². The maximum absolute atomic E-state index is 12.1. The number of thiophene rings is 1. The highest BCUT2D eigenvalue weighted by Gasteiger charge is 2.38. The van der Waals surface area contributed by atoms with Crippen molar-refractivity contribution in [2.45, 2.75) is 32.0 Å². The Morgan fingerprint density at radius 3 is 2.54 bits per heavy atom. The average molecular weight is 416 g/mol. The number of aromatic nitrogens is 2. The van der Waals surface area contributed by atoms with Crippen molar-refractivity contribution < 1.29 is 27.9 Å². The lowest BCUT2D eigenvalue weighted by Crippen LogP contribution is -2.36. The highest BCUT2D eigenvalue weighted by molar-refractivity contribution is 7.10. The SMILES string of the molecule is CCc1cc(-c2ccc(C(=O)NC3CCNC3)nn2)cs1.O=C(O)C(F)(F)F. The molecule has 1 amide bonds. The lowest BCUT2D eigenvalue weighted by atomic mass is 10.2. The number of amides is 1. The topological polar surface area (TPSA) is 104 Å². The number of aliphatic carboxylic acids is 1. The van der Waals surface area contributed by atoms with Gasteiger partial charge in [0.25, 0.3) is 5.91 Å². The zero-order valence-electron chi connectivity index (χ0n) is 14.9. The second-order valence-corrected chi connectivity index (χ2v) is 6.92. The molecule has 0 spiro atoms. The largest absolute Gasteiger partial charge is 0.490 e. The number of carbonyl (C=O) groups excluding carboxylic acids is 1. The van der Waals surface area contributed by atoms with Crippen LogP contribution >= 0.6 is 11.3 Å². The van der Waals surface area contributed by atoms with Gasteiger partial charge in [0.15, 0.2) is 5.69 Å². The first-order valence-corrected chi connectivity index (χ1v) is 9.32. The summed E-state index contributed by atoms with van der Waals surface area (Å²) in [5.41, 5.74) is 2.25. The molecule has 152 valence electrons. The number of rotatable bonds is 4. The first kappa shape index (κ1) is 21.8. The molecule has 1 fully saturated rings. The van der Waals surface area contributed by atoms with E-state index >= 15 is 0 Å². The van der Waals surface area contributed by atoms with Gasteiger partial charge in [0.05, 0.1) is 5.69 Å². The molecule has 1 aliphatic heterocycles. The summed E-state index contributed by atoms with van der Waals surface area (Å²) in [5, 5.41) is 23.6. The van der Waals surface area contributed by atoms with Crippen molar-refractivity contribution >= 4 is 23.2 Å². The summed E-state index contributed by atoms with van der Waals surface area (Å²) in [7, 11) is 0. The van der Waals surface area contributed by atoms with Crippen molar-refractivity contribution in [2.24, 2.45) is 0 Å². The van der Waals surface area contributed by atoms with Crippen LogP contribution in [0.1, 0.15) is 28.7 Å². The summed E-state index contributed by atoms with van der Waals surface area (Å²) in [6, 6.07) is 5.92. The van der Waals surface area contributed by atoms with Crippen LogP contribution in [0.25, 0.3) is 11.3 Å². The van der Waals surface area contributed by atoms with Crippen molar-refractivity contribution in [1.82, 2.24) is 20.8 Å². The number of aryl methyl sites for hydroxylation is 1. The van der Waals surface area contributed by atoms with E-state index in [0.717, 1.165) is 37.2 Å². The van der Waals surface area contributed by atoms with E-state index in [9.17, 15) is 18.0 Å². The fraction of sp³-hybridized carbons (Fsp3) is 0.412. The van der Waals surface area contributed by atoms with E-state index in [1.165, 1.54) is 4.88 Å². The zero-order chi connectivity index (χ0) is 20.7. The molecule has 3 heterocycles. The van der Waals surface area contributed by atoms with Crippen LogP contribution in [-0.4, -0.2) is 52.5 Å². The number of hydrogen-bond donors (Lipinski definition) is 3. The van der Waals surface area contributed by atoms with Crippen LogP contribution in [0.4, 0.5) is 13.2 Å². The summed E-state index contributed by atoms with van der Waals surface area (Å²) in [6.45, 7) is 3.91. The second-order valence-electron chi connectivity index (χ2n) is 5.93. The molecule has 1 unspecified atom stereocenters. The Bertz CT molecular complexity index is 803. The third-order valence-electron chi connectivity index (χ3n) is 3.83. The van der Waals surface area contributed by atoms with E-state index in [4.69, 9.17) is 9.90 Å². The molecule has 0 saturated carbocycles. The van der Waals surface area contributed by atoms with E-state index in [1.807, 2.05) is 6.07 Å². The quantitative estimate of drug-likeness (QED) is 0.708. The fourth-order valence-corrected chi connectivity index (χ4v) is 3.17. The minimum Gasteiger partial charge on any atom is -0.475 e. The monoisotopic (exact) mass is 416 g/mol. The Labute approximate surface area is 163 Å². The minimum atomic E-state index is -5.08. The van der Waals surface area contributed by atoms with Crippen molar-refractivity contribution in [3.8, 4) is 11.3 Å². The molecule has 0 aromatic carbocycles. The summed E-state index contributed by atoms with van der Waals surface area (Å²) in [4.78, 5) is 22.3. The summed E-state index contributed by atoms with van der Waals surface area (Å²) < 4.78 is 31.7. The highest BCUT2D eigenvalue weighted by atomic mass is 32.1. The molecule has 3 N–H and O–H groups in total. The first-order valence-electron chi connectivity index (χ1n) is 8.44. The van der Waals surface area contributed by atoms with Crippen molar-refractivity contribution in [1.29, 1.82) is 0 Å². The van der Waals surface area contributed by atoms with Gasteiger partial charge in [0.1, 0.15) is 0 Å². The maximum atomic E-state index is 12.1. The highest BCUT2D eigenvalue weighted by Crippen LogP contribution is 2.24. The van der Waals surface area contributed by atoms with Crippen LogP contribution in [0.3, 0.4) is 0 Å². The molecule has 1 aliphatic rings. The van der Waals surface area contributed by atoms with Gasteiger partial charge >= 0.3 is 12.1 Å². The number of hydrogen-bond acceptors (Lipinski definition) is 6. The maximum Gasteiger partial charge on any atom is 0.490 e. The van der Waals surface area contributed by atoms with Crippen molar-refractivity contribution in [3.05, 3.63) is 34.2 Å². The fourth-order valence-electron chi connectivity index (χ4n) is 2.34. The van der Waals surface area contributed by atoms with Gasteiger partial charge in [-0.15, -0.1) is 21.5 Å². The molecular formula is C17H19F3N4O3S. The molecule has 7 nitrogen and oxygen atoms in total. The van der Waals surface area contributed by atoms with Crippen LogP contribution in [0.2, 0.25) is 0 Å². The molecule has 11 heteroatoms. The molecule has 0 radical (unpaired) electrons. The number of carboxylic acids is 1. The zero-order valence-corrected chi connectivity index (χ0v) is 15.7. The number of halogens is 3. The van der Waals surface area contributed by atoms with Crippen LogP contribution in [0.5, 0.6) is 0 Å². The van der Waals surface area contributed by atoms with Crippen LogP contribution in [0, 0.1) is 0 Å². The number of carboxylic acid groups (broad SMARTS) is 1. The Morgan fingerprint density at radius 2 is 2.07 bits per heavy atom. The van der Waals surface area contributed by atoms with Crippen molar-refractivity contribution in [3.63, 3.8) is 0 Å². The van der Waals surface area contributed by atoms with E-state index in [1.54, 1.807) is 17.4 Å². The molecule has 2 aromatic rings. The predicted molar refractivity (Wildman–Crippen MR) is 97.2 cm³/mol. The van der Waals surface area contributed by atoms with Gasteiger partial charge in [0.2, 0.25) is 0 Å². The van der Waals surface area contributed by atoms with Gasteiger partial charge in [-0.2, -0.15) is 13.2 Å². The van der Waals surface area contributed by atoms with E-state index in [0.29, 0.717) is 5.69 Å². The Morgan fingerprint density at radius 1 is 1.36 bits per heavy atom. The number of alkyl halides is 3. The van der Waals surface area contributed by atoms with Crippen LogP contribution in [0.15, 0.2) is 23.6 Å². The summed E-state index contributed by atoms with van der Waals surface area (Å²) >= 11 is 1.72. The minimum absolute atomic E-state index is 0.151. The molecule has 1 saturated heterocycles. The molecule has 0 aliphatic carbocycles. The lowest BCUT2D eigenvalue weighted by Gasteiger charge is -2.10. The van der Waals surface area contributed by atoms with E-state index in [2.05, 4.69) is 39.2 Å². The third kappa shape index (κ3) is 6.27. The Kier molecular flexibility index (Phi) is 7.46. The van der Waals surface area contributed by atoms with Gasteiger partial charge in [-0.1, -0.05) is 6.92 Å². The lowest BCUT2D eigenvalue weighted by molar-refractivity contribution is -0.192. The van der Waals surface area contributed by atoms with Gasteiger partial charge in [0, 0.05) is 28.4 Å². The normalized spacial score (nSPS) is 16.2. The summed E-state index contributed by atoms with van der Waals surface area (Å²) in [6.07, 6.45) is -3.10. The molecule has 28 heavy (non-hydrogen) atoms.